The number of ether oxygens (including phenoxy) is 1. The van der Waals surface area contributed by atoms with E-state index in [1.807, 2.05) is 0 Å². The quantitative estimate of drug-likeness (QED) is 0.518. The number of likely N-dealkylation sites (N-methyl/N-ethyl adjacent to an activating group) is 1. The van der Waals surface area contributed by atoms with E-state index < -0.39 is 0 Å². The molecule has 162 valence electrons. The van der Waals surface area contributed by atoms with E-state index in [9.17, 15) is 0 Å². The molecule has 0 bridgehead atoms. The van der Waals surface area contributed by atoms with E-state index in [0.29, 0.717) is 6.54 Å². The first-order valence-electron chi connectivity index (χ1n) is 11.3. The molecule has 6 heteroatoms. The number of benzene rings is 1. The number of guanidine groups is 1. The molecule has 2 aliphatic rings. The van der Waals surface area contributed by atoms with Gasteiger partial charge in [-0.1, -0.05) is 31.2 Å². The highest BCUT2D eigenvalue weighted by molar-refractivity contribution is 5.79. The largest absolute Gasteiger partial charge is 0.373 e. The number of rotatable bonds is 8. The maximum atomic E-state index is 5.87. The number of nitrogens with zero attached hydrogens (tertiary/aromatic N) is 3. The van der Waals surface area contributed by atoms with Gasteiger partial charge in [0.25, 0.3) is 0 Å². The number of hydrogen-bond donors (Lipinski definition) is 2. The van der Waals surface area contributed by atoms with Crippen molar-refractivity contribution in [3.05, 3.63) is 35.4 Å². The summed E-state index contributed by atoms with van der Waals surface area (Å²) in [6.45, 7) is 16.6. The Morgan fingerprint density at radius 3 is 2.34 bits per heavy atom. The molecule has 0 saturated carbocycles. The molecule has 1 unspecified atom stereocenters. The zero-order valence-electron chi connectivity index (χ0n) is 18.5. The highest BCUT2D eigenvalue weighted by Crippen LogP contribution is 2.23. The van der Waals surface area contributed by atoms with Crippen LogP contribution in [0.15, 0.2) is 29.3 Å². The predicted octanol–water partition coefficient (Wildman–Crippen LogP) is 2.45. The second-order valence-corrected chi connectivity index (χ2v) is 8.48. The molecule has 2 fully saturated rings. The maximum Gasteiger partial charge on any atom is 0.191 e. The maximum absolute atomic E-state index is 5.87. The molecule has 6 nitrogen and oxygen atoms in total. The van der Waals surface area contributed by atoms with E-state index in [0.717, 1.165) is 45.0 Å². The SMILES string of the molecule is CCNC(=NCc1ccc(CN2CCN(CC)CC2)cc1)NCC1(C)CCCO1. The van der Waals surface area contributed by atoms with Crippen LogP contribution < -0.4 is 10.6 Å². The van der Waals surface area contributed by atoms with Gasteiger partial charge >= 0.3 is 0 Å². The topological polar surface area (TPSA) is 52.1 Å². The second kappa shape index (κ2) is 11.0. The van der Waals surface area contributed by atoms with Gasteiger partial charge in [-0.15, -0.1) is 0 Å². The van der Waals surface area contributed by atoms with Gasteiger partial charge in [0, 0.05) is 52.4 Å². The standard InChI is InChI=1S/C23H39N5O/c1-4-24-22(26-19-23(3)11-6-16-29-23)25-17-20-7-9-21(10-8-20)18-28-14-12-27(5-2)13-15-28/h7-10H,4-6,11-19H2,1-3H3,(H2,24,25,26). The van der Waals surface area contributed by atoms with Gasteiger partial charge in [0.1, 0.15) is 0 Å². The van der Waals surface area contributed by atoms with Crippen molar-refractivity contribution in [1.82, 2.24) is 20.4 Å². The molecule has 2 N–H and O–H groups in total. The van der Waals surface area contributed by atoms with Gasteiger partial charge in [0.15, 0.2) is 5.96 Å². The van der Waals surface area contributed by atoms with Crippen LogP contribution in [0.5, 0.6) is 0 Å². The van der Waals surface area contributed by atoms with Crippen LogP contribution in [0.3, 0.4) is 0 Å². The Hall–Kier alpha value is -1.63. The van der Waals surface area contributed by atoms with Crippen molar-refractivity contribution in [2.24, 2.45) is 4.99 Å². The summed E-state index contributed by atoms with van der Waals surface area (Å²) in [5, 5.41) is 6.79. The average molecular weight is 402 g/mol. The van der Waals surface area contributed by atoms with Gasteiger partial charge in [-0.3, -0.25) is 4.90 Å². The van der Waals surface area contributed by atoms with Crippen molar-refractivity contribution in [3.63, 3.8) is 0 Å². The van der Waals surface area contributed by atoms with Gasteiger partial charge in [0.05, 0.1) is 12.1 Å². The van der Waals surface area contributed by atoms with Gasteiger partial charge in [-0.2, -0.15) is 0 Å². The van der Waals surface area contributed by atoms with E-state index >= 15 is 0 Å². The molecule has 2 saturated heterocycles. The molecule has 0 spiro atoms. The third kappa shape index (κ3) is 6.98. The van der Waals surface area contributed by atoms with Crippen molar-refractivity contribution in [1.29, 1.82) is 0 Å². The average Bonchev–Trinajstić information content (AvgIpc) is 3.18. The fourth-order valence-corrected chi connectivity index (χ4v) is 4.03. The third-order valence-corrected chi connectivity index (χ3v) is 6.04. The summed E-state index contributed by atoms with van der Waals surface area (Å²) >= 11 is 0. The van der Waals surface area contributed by atoms with Crippen LogP contribution in [-0.4, -0.2) is 73.8 Å². The van der Waals surface area contributed by atoms with E-state index in [4.69, 9.17) is 9.73 Å². The van der Waals surface area contributed by atoms with Gasteiger partial charge in [0.2, 0.25) is 0 Å². The number of aliphatic imine (C=N–C) groups is 1. The Morgan fingerprint density at radius 1 is 1.03 bits per heavy atom. The lowest BCUT2D eigenvalue weighted by atomic mass is 10.0. The number of nitrogens with one attached hydrogen (secondary N) is 2. The molecule has 2 heterocycles. The van der Waals surface area contributed by atoms with E-state index in [1.54, 1.807) is 0 Å². The van der Waals surface area contributed by atoms with Crippen LogP contribution in [0, 0.1) is 0 Å². The minimum Gasteiger partial charge on any atom is -0.373 e. The Labute approximate surface area is 176 Å². The minimum absolute atomic E-state index is 0.0690. The Kier molecular flexibility index (Phi) is 8.33. The van der Waals surface area contributed by atoms with Crippen LogP contribution in [0.1, 0.15) is 44.7 Å². The molecule has 0 amide bonds. The molecule has 29 heavy (non-hydrogen) atoms. The van der Waals surface area contributed by atoms with E-state index in [-0.39, 0.29) is 5.60 Å². The fourth-order valence-electron chi connectivity index (χ4n) is 4.03. The lowest BCUT2D eigenvalue weighted by molar-refractivity contribution is 0.0243. The summed E-state index contributed by atoms with van der Waals surface area (Å²) in [6, 6.07) is 8.94. The summed E-state index contributed by atoms with van der Waals surface area (Å²) in [5.41, 5.74) is 2.56. The second-order valence-electron chi connectivity index (χ2n) is 8.48. The van der Waals surface area contributed by atoms with Crippen LogP contribution in [0.25, 0.3) is 0 Å². The van der Waals surface area contributed by atoms with Crippen molar-refractivity contribution < 1.29 is 4.74 Å². The molecular weight excluding hydrogens is 362 g/mol. The first kappa shape index (κ1) is 22.1. The first-order chi connectivity index (χ1) is 14.1. The van der Waals surface area contributed by atoms with Gasteiger partial charge in [-0.05, 0) is 44.4 Å². The molecule has 2 aliphatic heterocycles. The molecule has 3 rings (SSSR count). The zero-order chi connectivity index (χ0) is 20.5. The highest BCUT2D eigenvalue weighted by atomic mass is 16.5. The molecule has 0 aromatic heterocycles. The van der Waals surface area contributed by atoms with E-state index in [1.165, 1.54) is 43.9 Å². The van der Waals surface area contributed by atoms with Crippen LogP contribution >= 0.6 is 0 Å². The smallest absolute Gasteiger partial charge is 0.191 e. The van der Waals surface area contributed by atoms with Crippen LogP contribution in [-0.2, 0) is 17.8 Å². The van der Waals surface area contributed by atoms with Crippen molar-refractivity contribution in [2.75, 3.05) is 52.4 Å². The molecule has 0 radical (unpaired) electrons. The summed E-state index contributed by atoms with van der Waals surface area (Å²) < 4.78 is 5.87. The summed E-state index contributed by atoms with van der Waals surface area (Å²) in [4.78, 5) is 9.84. The number of piperazine rings is 1. The molecule has 0 aliphatic carbocycles. The lowest BCUT2D eigenvalue weighted by Gasteiger charge is -2.34. The van der Waals surface area contributed by atoms with Crippen LogP contribution in [0.4, 0.5) is 0 Å². The first-order valence-corrected chi connectivity index (χ1v) is 11.3. The normalized spacial score (nSPS) is 24.0. The van der Waals surface area contributed by atoms with Crippen LogP contribution in [0.2, 0.25) is 0 Å². The van der Waals surface area contributed by atoms with Crippen molar-refractivity contribution in [3.8, 4) is 0 Å². The Bertz CT molecular complexity index is 631. The number of hydrogen-bond acceptors (Lipinski definition) is 4. The minimum atomic E-state index is -0.0690. The zero-order valence-corrected chi connectivity index (χ0v) is 18.5. The lowest BCUT2D eigenvalue weighted by Crippen LogP contribution is -2.45. The van der Waals surface area contributed by atoms with Gasteiger partial charge < -0.3 is 20.3 Å². The molecular formula is C23H39N5O. The van der Waals surface area contributed by atoms with Crippen molar-refractivity contribution >= 4 is 5.96 Å². The Morgan fingerprint density at radius 2 is 1.72 bits per heavy atom. The third-order valence-electron chi connectivity index (χ3n) is 6.04. The molecule has 1 aromatic rings. The highest BCUT2D eigenvalue weighted by Gasteiger charge is 2.29. The summed E-state index contributed by atoms with van der Waals surface area (Å²) in [5.74, 6) is 0.863. The molecule has 1 aromatic carbocycles. The fraction of sp³-hybridized carbons (Fsp3) is 0.696. The van der Waals surface area contributed by atoms with E-state index in [2.05, 4.69) is 65.5 Å². The summed E-state index contributed by atoms with van der Waals surface area (Å²) in [6.07, 6.45) is 2.25. The Balaban J connectivity index is 1.48. The monoisotopic (exact) mass is 401 g/mol. The summed E-state index contributed by atoms with van der Waals surface area (Å²) in [7, 11) is 0. The predicted molar refractivity (Wildman–Crippen MR) is 120 cm³/mol. The molecule has 1 atom stereocenters. The van der Waals surface area contributed by atoms with Crippen molar-refractivity contribution in [2.45, 2.75) is 52.3 Å². The van der Waals surface area contributed by atoms with Gasteiger partial charge in [-0.25, -0.2) is 4.99 Å².